The van der Waals surface area contributed by atoms with E-state index in [-0.39, 0.29) is 35.7 Å². The van der Waals surface area contributed by atoms with E-state index in [1.807, 2.05) is 0 Å². The second kappa shape index (κ2) is 9.86. The van der Waals surface area contributed by atoms with Crippen molar-refractivity contribution < 1.29 is 32.5 Å². The molecule has 4 atom stereocenters. The van der Waals surface area contributed by atoms with Gasteiger partial charge in [0.25, 0.3) is 0 Å². The molecule has 0 radical (unpaired) electrons. The van der Waals surface area contributed by atoms with Crippen LogP contribution in [0.5, 0.6) is 11.5 Å². The highest BCUT2D eigenvalue weighted by Crippen LogP contribution is 2.46. The Bertz CT molecular complexity index is 801. The summed E-state index contributed by atoms with van der Waals surface area (Å²) >= 11 is 0. The summed E-state index contributed by atoms with van der Waals surface area (Å²) < 4.78 is 54.5. The van der Waals surface area contributed by atoms with Crippen LogP contribution < -0.4 is 9.47 Å². The van der Waals surface area contributed by atoms with E-state index in [2.05, 4.69) is 21.7 Å². The van der Waals surface area contributed by atoms with Gasteiger partial charge in [-0.1, -0.05) is 6.92 Å². The lowest BCUT2D eigenvalue weighted by Gasteiger charge is -2.48. The van der Waals surface area contributed by atoms with Crippen molar-refractivity contribution in [1.82, 2.24) is 14.8 Å². The van der Waals surface area contributed by atoms with E-state index in [0.717, 1.165) is 12.8 Å². The lowest BCUT2D eigenvalue weighted by molar-refractivity contribution is -0.274. The van der Waals surface area contributed by atoms with Crippen LogP contribution in [0.2, 0.25) is 0 Å². The van der Waals surface area contributed by atoms with Crippen molar-refractivity contribution in [3.8, 4) is 11.5 Å². The smallest absolute Gasteiger partial charge is 0.493 e. The Morgan fingerprint density at radius 3 is 2.52 bits per heavy atom. The van der Waals surface area contributed by atoms with Crippen LogP contribution in [0.25, 0.3) is 0 Å². The Morgan fingerprint density at radius 2 is 1.94 bits per heavy atom. The number of methoxy groups -OCH3 is 1. The first-order chi connectivity index (χ1) is 14.7. The fourth-order valence-corrected chi connectivity index (χ4v) is 4.55. The molecule has 0 saturated heterocycles. The second-order valence-corrected chi connectivity index (χ2v) is 8.19. The summed E-state index contributed by atoms with van der Waals surface area (Å²) in [7, 11) is 1.68. The predicted molar refractivity (Wildman–Crippen MR) is 105 cm³/mol. The van der Waals surface area contributed by atoms with Gasteiger partial charge in [-0.2, -0.15) is 5.10 Å². The molecule has 0 amide bonds. The summed E-state index contributed by atoms with van der Waals surface area (Å²) in [5.41, 5.74) is -0.179. The van der Waals surface area contributed by atoms with Crippen molar-refractivity contribution in [2.24, 2.45) is 17.3 Å². The molecule has 1 heterocycles. The van der Waals surface area contributed by atoms with Gasteiger partial charge >= 0.3 is 6.36 Å². The molecule has 1 aromatic heterocycles. The van der Waals surface area contributed by atoms with Crippen molar-refractivity contribution in [2.45, 2.75) is 45.2 Å². The van der Waals surface area contributed by atoms with Crippen LogP contribution >= 0.6 is 0 Å². The highest BCUT2D eigenvalue weighted by Gasteiger charge is 2.47. The van der Waals surface area contributed by atoms with Crippen LogP contribution in [0.15, 0.2) is 36.9 Å². The summed E-state index contributed by atoms with van der Waals surface area (Å²) in [6.07, 6.45) is 0.657. The van der Waals surface area contributed by atoms with Gasteiger partial charge in [0.05, 0.1) is 12.7 Å². The number of rotatable bonds is 9. The number of halogens is 3. The molecule has 0 aliphatic heterocycles. The molecule has 1 saturated carbocycles. The van der Waals surface area contributed by atoms with Gasteiger partial charge in [-0.25, -0.2) is 4.98 Å². The molecule has 7 nitrogen and oxygen atoms in total. The third kappa shape index (κ3) is 6.10. The molecule has 3 rings (SSSR count). The van der Waals surface area contributed by atoms with Gasteiger partial charge in [0.2, 0.25) is 0 Å². The maximum atomic E-state index is 12.3. The van der Waals surface area contributed by atoms with Crippen molar-refractivity contribution in [3.63, 3.8) is 0 Å². The highest BCUT2D eigenvalue weighted by atomic mass is 19.4. The van der Waals surface area contributed by atoms with E-state index in [9.17, 15) is 18.3 Å². The molecule has 31 heavy (non-hydrogen) atoms. The third-order valence-corrected chi connectivity index (χ3v) is 6.09. The molecule has 2 aromatic rings. The minimum absolute atomic E-state index is 0.0600. The molecular formula is C21H28F3N3O4. The predicted octanol–water partition coefficient (Wildman–Crippen LogP) is 3.69. The number of hydrogen-bond donors (Lipinski definition) is 1. The minimum Gasteiger partial charge on any atom is -0.493 e. The lowest BCUT2D eigenvalue weighted by atomic mass is 9.62. The highest BCUT2D eigenvalue weighted by molar-refractivity contribution is 5.31. The standard InChI is InChI=1S/C21H28F3N3O4/c1-20(9-10-28)8-7-15(18(19(20)29-2)11-27-14-25-13-26-27)12-30-16-3-5-17(6-4-16)31-21(22,23)24/h3-6,13-15,18-19,28H,7-12H2,1-2H3/t15-,18-,19+,20-/m0/s1. The summed E-state index contributed by atoms with van der Waals surface area (Å²) in [6.45, 7) is 3.18. The van der Waals surface area contributed by atoms with Crippen LogP contribution in [0.4, 0.5) is 13.2 Å². The number of aliphatic hydroxyl groups excluding tert-OH is 1. The Labute approximate surface area is 179 Å². The zero-order valence-electron chi connectivity index (χ0n) is 17.6. The van der Waals surface area contributed by atoms with Crippen LogP contribution in [0, 0.1) is 17.3 Å². The number of aromatic nitrogens is 3. The SMILES string of the molecule is CO[C@@H]1[C@@H](Cn2cncn2)[C@H](COc2ccc(OC(F)(F)F)cc2)CC[C@@]1(C)CCO. The Balaban J connectivity index is 1.70. The number of hydrogen-bond acceptors (Lipinski definition) is 6. The molecule has 1 aromatic carbocycles. The Morgan fingerprint density at radius 1 is 1.23 bits per heavy atom. The van der Waals surface area contributed by atoms with Crippen molar-refractivity contribution in [2.75, 3.05) is 20.3 Å². The summed E-state index contributed by atoms with van der Waals surface area (Å²) in [4.78, 5) is 4.01. The topological polar surface area (TPSA) is 78.6 Å². The van der Waals surface area contributed by atoms with Gasteiger partial charge in [-0.15, -0.1) is 13.2 Å². The zero-order valence-corrected chi connectivity index (χ0v) is 17.6. The molecule has 1 N–H and O–H groups in total. The number of ether oxygens (including phenoxy) is 3. The van der Waals surface area contributed by atoms with Gasteiger partial charge in [-0.05, 0) is 48.9 Å². The van der Waals surface area contributed by atoms with Gasteiger partial charge in [0.15, 0.2) is 0 Å². The molecule has 0 bridgehead atoms. The average molecular weight is 443 g/mol. The molecule has 1 fully saturated rings. The minimum atomic E-state index is -4.73. The van der Waals surface area contributed by atoms with Crippen LogP contribution in [-0.4, -0.2) is 52.7 Å². The second-order valence-electron chi connectivity index (χ2n) is 8.19. The van der Waals surface area contributed by atoms with Crippen molar-refractivity contribution >= 4 is 0 Å². The zero-order chi connectivity index (χ0) is 22.5. The first-order valence-corrected chi connectivity index (χ1v) is 10.2. The lowest BCUT2D eigenvalue weighted by Crippen LogP contribution is -2.50. The molecule has 1 aliphatic carbocycles. The number of nitrogens with zero attached hydrogens (tertiary/aromatic N) is 3. The quantitative estimate of drug-likeness (QED) is 0.637. The van der Waals surface area contributed by atoms with Crippen molar-refractivity contribution in [1.29, 1.82) is 0 Å². The normalized spacial score (nSPS) is 26.6. The molecule has 1 aliphatic rings. The fourth-order valence-electron chi connectivity index (χ4n) is 4.55. The Kier molecular flexibility index (Phi) is 7.42. The molecule has 172 valence electrons. The molecule has 10 heteroatoms. The van der Waals surface area contributed by atoms with E-state index < -0.39 is 6.36 Å². The number of benzene rings is 1. The average Bonchev–Trinajstić information content (AvgIpc) is 3.21. The maximum Gasteiger partial charge on any atom is 0.573 e. The molecule has 0 spiro atoms. The van der Waals surface area contributed by atoms with E-state index >= 15 is 0 Å². The summed E-state index contributed by atoms with van der Waals surface area (Å²) in [5.74, 6) is 0.365. The van der Waals surface area contributed by atoms with Gasteiger partial charge in [0, 0.05) is 32.1 Å². The third-order valence-electron chi connectivity index (χ3n) is 6.09. The fraction of sp³-hybridized carbons (Fsp3) is 0.619. The number of aliphatic hydroxyl groups is 1. The van der Waals surface area contributed by atoms with Gasteiger partial charge < -0.3 is 19.3 Å². The maximum absolute atomic E-state index is 12.3. The first-order valence-electron chi connectivity index (χ1n) is 10.2. The van der Waals surface area contributed by atoms with Crippen molar-refractivity contribution in [3.05, 3.63) is 36.9 Å². The number of alkyl halides is 3. The van der Waals surface area contributed by atoms with Crippen LogP contribution in [0.1, 0.15) is 26.2 Å². The first kappa shape index (κ1) is 23.3. The van der Waals surface area contributed by atoms with Crippen LogP contribution in [-0.2, 0) is 11.3 Å². The molecular weight excluding hydrogens is 415 g/mol. The van der Waals surface area contributed by atoms with Gasteiger partial charge in [-0.3, -0.25) is 4.68 Å². The van der Waals surface area contributed by atoms with E-state index in [1.165, 1.54) is 30.6 Å². The van der Waals surface area contributed by atoms with E-state index in [1.54, 1.807) is 18.1 Å². The summed E-state index contributed by atoms with van der Waals surface area (Å²) in [6, 6.07) is 5.37. The van der Waals surface area contributed by atoms with E-state index in [4.69, 9.17) is 9.47 Å². The largest absolute Gasteiger partial charge is 0.573 e. The molecule has 0 unspecified atom stereocenters. The monoisotopic (exact) mass is 443 g/mol. The summed E-state index contributed by atoms with van der Waals surface area (Å²) in [5, 5.41) is 13.8. The van der Waals surface area contributed by atoms with Gasteiger partial charge in [0.1, 0.15) is 24.2 Å². The van der Waals surface area contributed by atoms with Crippen LogP contribution in [0.3, 0.4) is 0 Å². The Hall–Kier alpha value is -2.33. The van der Waals surface area contributed by atoms with E-state index in [0.29, 0.717) is 25.3 Å².